The molecular formula is C14H23NO2S. The van der Waals surface area contributed by atoms with E-state index in [1.165, 1.54) is 5.56 Å². The lowest BCUT2D eigenvalue weighted by atomic mass is 10.1. The molecule has 0 fully saturated rings. The number of anilines is 1. The SMILES string of the molecule is CCCc1ccc(NCCCS(=O)(=O)CC)cc1. The molecule has 0 saturated carbocycles. The molecule has 0 unspecified atom stereocenters. The third-order valence-electron chi connectivity index (χ3n) is 2.89. The minimum absolute atomic E-state index is 0.235. The molecule has 1 aromatic carbocycles. The maximum Gasteiger partial charge on any atom is 0.150 e. The van der Waals surface area contributed by atoms with Gasteiger partial charge in [0.1, 0.15) is 9.84 Å². The first-order chi connectivity index (χ1) is 8.57. The smallest absolute Gasteiger partial charge is 0.150 e. The van der Waals surface area contributed by atoms with E-state index in [0.717, 1.165) is 18.5 Å². The van der Waals surface area contributed by atoms with E-state index < -0.39 is 9.84 Å². The molecule has 0 aliphatic heterocycles. The normalized spacial score (nSPS) is 11.4. The van der Waals surface area contributed by atoms with Gasteiger partial charge in [-0.3, -0.25) is 0 Å². The van der Waals surface area contributed by atoms with Gasteiger partial charge in [-0.2, -0.15) is 0 Å². The average molecular weight is 269 g/mol. The van der Waals surface area contributed by atoms with Crippen molar-refractivity contribution in [3.05, 3.63) is 29.8 Å². The molecule has 18 heavy (non-hydrogen) atoms. The van der Waals surface area contributed by atoms with E-state index in [4.69, 9.17) is 0 Å². The van der Waals surface area contributed by atoms with Crippen LogP contribution in [0.1, 0.15) is 32.3 Å². The standard InChI is InChI=1S/C14H23NO2S/c1-3-6-13-7-9-14(10-8-13)15-11-5-12-18(16,17)4-2/h7-10,15H,3-6,11-12H2,1-2H3. The van der Waals surface area contributed by atoms with Crippen LogP contribution in [0.15, 0.2) is 24.3 Å². The van der Waals surface area contributed by atoms with Gasteiger partial charge in [-0.1, -0.05) is 32.4 Å². The zero-order valence-electron chi connectivity index (χ0n) is 11.3. The van der Waals surface area contributed by atoms with Crippen LogP contribution in [0, 0.1) is 0 Å². The molecule has 0 radical (unpaired) electrons. The van der Waals surface area contributed by atoms with Crippen molar-refractivity contribution < 1.29 is 8.42 Å². The van der Waals surface area contributed by atoms with Gasteiger partial charge >= 0.3 is 0 Å². The van der Waals surface area contributed by atoms with E-state index in [2.05, 4.69) is 36.5 Å². The highest BCUT2D eigenvalue weighted by Gasteiger charge is 2.05. The molecule has 102 valence electrons. The highest BCUT2D eigenvalue weighted by molar-refractivity contribution is 7.91. The van der Waals surface area contributed by atoms with Crippen LogP contribution in [0.5, 0.6) is 0 Å². The Hall–Kier alpha value is -1.03. The summed E-state index contributed by atoms with van der Waals surface area (Å²) >= 11 is 0. The van der Waals surface area contributed by atoms with Crippen molar-refractivity contribution in [1.82, 2.24) is 0 Å². The summed E-state index contributed by atoms with van der Waals surface area (Å²) in [6.45, 7) is 4.56. The number of sulfone groups is 1. The Balaban J connectivity index is 2.31. The van der Waals surface area contributed by atoms with Crippen molar-refractivity contribution in [3.63, 3.8) is 0 Å². The summed E-state index contributed by atoms with van der Waals surface area (Å²) in [6, 6.07) is 8.35. The van der Waals surface area contributed by atoms with Crippen LogP contribution in [-0.2, 0) is 16.3 Å². The Morgan fingerprint density at radius 3 is 2.33 bits per heavy atom. The van der Waals surface area contributed by atoms with Crippen LogP contribution < -0.4 is 5.32 Å². The summed E-state index contributed by atoms with van der Waals surface area (Å²) in [5.74, 6) is 0.503. The molecule has 0 saturated heterocycles. The monoisotopic (exact) mass is 269 g/mol. The second-order valence-electron chi connectivity index (χ2n) is 4.46. The molecule has 0 spiro atoms. The lowest BCUT2D eigenvalue weighted by molar-refractivity contribution is 0.595. The van der Waals surface area contributed by atoms with Crippen LogP contribution in [0.3, 0.4) is 0 Å². The summed E-state index contributed by atoms with van der Waals surface area (Å²) in [4.78, 5) is 0. The second kappa shape index (κ2) is 7.41. The van der Waals surface area contributed by atoms with E-state index in [1.807, 2.05) is 0 Å². The van der Waals surface area contributed by atoms with Gasteiger partial charge in [0, 0.05) is 18.0 Å². The van der Waals surface area contributed by atoms with Gasteiger partial charge in [0.05, 0.1) is 5.75 Å². The summed E-state index contributed by atoms with van der Waals surface area (Å²) in [6.07, 6.45) is 2.92. The highest BCUT2D eigenvalue weighted by atomic mass is 32.2. The third-order valence-corrected chi connectivity index (χ3v) is 4.68. The van der Waals surface area contributed by atoms with Crippen LogP contribution in [-0.4, -0.2) is 26.5 Å². The summed E-state index contributed by atoms with van der Waals surface area (Å²) < 4.78 is 22.6. The quantitative estimate of drug-likeness (QED) is 0.738. The topological polar surface area (TPSA) is 46.2 Å². The van der Waals surface area contributed by atoms with Crippen molar-refractivity contribution in [2.24, 2.45) is 0 Å². The number of rotatable bonds is 8. The van der Waals surface area contributed by atoms with Crippen molar-refractivity contribution in [1.29, 1.82) is 0 Å². The second-order valence-corrected chi connectivity index (χ2v) is 6.94. The third kappa shape index (κ3) is 5.54. The molecule has 0 aliphatic rings. The first kappa shape index (κ1) is 15.0. The Labute approximate surface area is 111 Å². The lowest BCUT2D eigenvalue weighted by Crippen LogP contribution is -2.12. The van der Waals surface area contributed by atoms with Crippen LogP contribution >= 0.6 is 0 Å². The maximum atomic E-state index is 11.3. The predicted molar refractivity (Wildman–Crippen MR) is 77.9 cm³/mol. The zero-order valence-corrected chi connectivity index (χ0v) is 12.1. The summed E-state index contributed by atoms with van der Waals surface area (Å²) in [7, 11) is -2.83. The van der Waals surface area contributed by atoms with Crippen molar-refractivity contribution in [2.45, 2.75) is 33.1 Å². The van der Waals surface area contributed by atoms with Gasteiger partial charge in [0.15, 0.2) is 0 Å². The van der Waals surface area contributed by atoms with Gasteiger partial charge in [-0.05, 0) is 30.5 Å². The van der Waals surface area contributed by atoms with E-state index in [0.29, 0.717) is 13.0 Å². The fraction of sp³-hybridized carbons (Fsp3) is 0.571. The molecule has 0 aromatic heterocycles. The van der Waals surface area contributed by atoms with E-state index in [1.54, 1.807) is 6.92 Å². The summed E-state index contributed by atoms with van der Waals surface area (Å²) in [5, 5.41) is 3.25. The minimum Gasteiger partial charge on any atom is -0.385 e. The molecule has 0 atom stereocenters. The Kier molecular flexibility index (Phi) is 6.19. The van der Waals surface area contributed by atoms with Crippen LogP contribution in [0.4, 0.5) is 5.69 Å². The maximum absolute atomic E-state index is 11.3. The zero-order chi connectivity index (χ0) is 13.4. The molecule has 1 N–H and O–H groups in total. The lowest BCUT2D eigenvalue weighted by Gasteiger charge is -2.07. The van der Waals surface area contributed by atoms with Crippen molar-refractivity contribution in [2.75, 3.05) is 23.4 Å². The summed E-state index contributed by atoms with van der Waals surface area (Å²) in [5.41, 5.74) is 2.40. The first-order valence-electron chi connectivity index (χ1n) is 6.60. The number of aryl methyl sites for hydroxylation is 1. The number of nitrogens with one attached hydrogen (secondary N) is 1. The van der Waals surface area contributed by atoms with Gasteiger partial charge < -0.3 is 5.32 Å². The number of benzene rings is 1. The minimum atomic E-state index is -2.83. The van der Waals surface area contributed by atoms with Crippen molar-refractivity contribution in [3.8, 4) is 0 Å². The van der Waals surface area contributed by atoms with Gasteiger partial charge in [-0.25, -0.2) is 8.42 Å². The van der Waals surface area contributed by atoms with Gasteiger partial charge in [-0.15, -0.1) is 0 Å². The van der Waals surface area contributed by atoms with E-state index >= 15 is 0 Å². The molecule has 1 aromatic rings. The molecule has 0 aliphatic carbocycles. The Morgan fingerprint density at radius 1 is 1.11 bits per heavy atom. The predicted octanol–water partition coefficient (Wildman–Crippen LogP) is 2.88. The molecular weight excluding hydrogens is 246 g/mol. The molecule has 0 amide bonds. The largest absolute Gasteiger partial charge is 0.385 e. The fourth-order valence-corrected chi connectivity index (χ4v) is 2.62. The average Bonchev–Trinajstić information content (AvgIpc) is 2.37. The van der Waals surface area contributed by atoms with Crippen LogP contribution in [0.2, 0.25) is 0 Å². The van der Waals surface area contributed by atoms with E-state index in [9.17, 15) is 8.42 Å². The molecule has 0 heterocycles. The number of hydrogen-bond acceptors (Lipinski definition) is 3. The molecule has 4 heteroatoms. The molecule has 3 nitrogen and oxygen atoms in total. The van der Waals surface area contributed by atoms with Gasteiger partial charge in [0.25, 0.3) is 0 Å². The number of hydrogen-bond donors (Lipinski definition) is 1. The Morgan fingerprint density at radius 2 is 1.78 bits per heavy atom. The first-order valence-corrected chi connectivity index (χ1v) is 8.42. The van der Waals surface area contributed by atoms with E-state index in [-0.39, 0.29) is 11.5 Å². The van der Waals surface area contributed by atoms with Crippen LogP contribution in [0.25, 0.3) is 0 Å². The van der Waals surface area contributed by atoms with Crippen molar-refractivity contribution >= 4 is 15.5 Å². The fourth-order valence-electron chi connectivity index (χ4n) is 1.75. The molecule has 1 rings (SSSR count). The molecule has 0 bridgehead atoms. The highest BCUT2D eigenvalue weighted by Crippen LogP contribution is 2.11. The Bertz CT molecular complexity index is 437. The van der Waals surface area contributed by atoms with Gasteiger partial charge in [0.2, 0.25) is 0 Å².